The van der Waals surface area contributed by atoms with Gasteiger partial charge in [-0.3, -0.25) is 9.58 Å². The summed E-state index contributed by atoms with van der Waals surface area (Å²) in [5, 5.41) is 4.84. The van der Waals surface area contributed by atoms with Gasteiger partial charge in [-0.15, -0.1) is 0 Å². The number of hydrazine groups is 1. The Hall–Kier alpha value is -2.42. The Labute approximate surface area is 108 Å². The molecule has 1 aliphatic heterocycles. The predicted octanol–water partition coefficient (Wildman–Crippen LogP) is -0.399. The Balaban J connectivity index is 1.99. The second kappa shape index (κ2) is 4.35. The van der Waals surface area contributed by atoms with E-state index in [4.69, 9.17) is 10.6 Å². The lowest BCUT2D eigenvalue weighted by atomic mass is 10.4. The number of hydrogen-bond donors (Lipinski definition) is 2. The van der Waals surface area contributed by atoms with Crippen LogP contribution < -0.4 is 11.3 Å². The lowest BCUT2D eigenvalue weighted by Crippen LogP contribution is -2.25. The molecule has 1 fully saturated rings. The second-order valence-corrected chi connectivity index (χ2v) is 4.17. The van der Waals surface area contributed by atoms with Crippen LogP contribution >= 0.6 is 0 Å². The fourth-order valence-electron chi connectivity index (χ4n) is 1.99. The number of fused-ring (bicyclic) bond motifs is 1. The van der Waals surface area contributed by atoms with Gasteiger partial charge in [-0.05, 0) is 0 Å². The molecule has 0 bridgehead atoms. The zero-order valence-electron chi connectivity index (χ0n) is 10.3. The number of aromatic nitrogens is 4. The van der Waals surface area contributed by atoms with E-state index in [9.17, 15) is 4.79 Å². The third-order valence-electron chi connectivity index (χ3n) is 2.95. The Morgan fingerprint density at radius 1 is 1.53 bits per heavy atom. The first-order valence-electron chi connectivity index (χ1n) is 5.76. The molecule has 0 aromatic carbocycles. The van der Waals surface area contributed by atoms with Crippen LogP contribution in [0.15, 0.2) is 6.20 Å². The van der Waals surface area contributed by atoms with Gasteiger partial charge in [0.2, 0.25) is 0 Å². The average Bonchev–Trinajstić information content (AvgIpc) is 2.97. The van der Waals surface area contributed by atoms with Crippen molar-refractivity contribution in [2.75, 3.05) is 18.6 Å². The lowest BCUT2D eigenvalue weighted by Gasteiger charge is -2.12. The number of ether oxygens (including phenoxy) is 1. The standard InChI is InChI=1S/C10H13N7O2/c1-16-9-6(4-12-16)8(15-11)13-7(14-9)5-17-2-3-19-10(17)18/h4H,2-3,5,11H2,1H3,(H,13,14,15). The van der Waals surface area contributed by atoms with E-state index in [0.29, 0.717) is 30.4 Å². The zero-order chi connectivity index (χ0) is 13.4. The van der Waals surface area contributed by atoms with Crippen LogP contribution in [0.2, 0.25) is 0 Å². The van der Waals surface area contributed by atoms with Crippen LogP contribution in [0, 0.1) is 0 Å². The second-order valence-electron chi connectivity index (χ2n) is 4.17. The number of carbonyl (C=O) groups excluding carboxylic acids is 1. The maximum Gasteiger partial charge on any atom is 0.410 e. The Morgan fingerprint density at radius 2 is 2.37 bits per heavy atom. The van der Waals surface area contributed by atoms with Crippen molar-refractivity contribution < 1.29 is 9.53 Å². The molecular weight excluding hydrogens is 250 g/mol. The smallest absolute Gasteiger partial charge is 0.410 e. The summed E-state index contributed by atoms with van der Waals surface area (Å²) in [6, 6.07) is 0. The summed E-state index contributed by atoms with van der Waals surface area (Å²) < 4.78 is 6.49. The topological polar surface area (TPSA) is 111 Å². The first kappa shape index (κ1) is 11.7. The van der Waals surface area contributed by atoms with Crippen LogP contribution in [0.5, 0.6) is 0 Å². The highest BCUT2D eigenvalue weighted by atomic mass is 16.6. The van der Waals surface area contributed by atoms with E-state index in [1.165, 1.54) is 4.90 Å². The van der Waals surface area contributed by atoms with Gasteiger partial charge in [-0.25, -0.2) is 20.6 Å². The molecule has 0 unspecified atom stereocenters. The highest BCUT2D eigenvalue weighted by Gasteiger charge is 2.23. The van der Waals surface area contributed by atoms with Crippen molar-refractivity contribution in [3.63, 3.8) is 0 Å². The van der Waals surface area contributed by atoms with Crippen molar-refractivity contribution in [3.8, 4) is 0 Å². The minimum absolute atomic E-state index is 0.286. The van der Waals surface area contributed by atoms with Gasteiger partial charge in [0.25, 0.3) is 0 Å². The van der Waals surface area contributed by atoms with Crippen molar-refractivity contribution in [2.45, 2.75) is 6.54 Å². The van der Waals surface area contributed by atoms with E-state index in [1.807, 2.05) is 0 Å². The normalized spacial score (nSPS) is 15.1. The van der Waals surface area contributed by atoms with E-state index >= 15 is 0 Å². The quantitative estimate of drug-likeness (QED) is 0.572. The number of carbonyl (C=O) groups is 1. The largest absolute Gasteiger partial charge is 0.448 e. The molecule has 3 heterocycles. The minimum atomic E-state index is -0.351. The van der Waals surface area contributed by atoms with Crippen molar-refractivity contribution in [1.29, 1.82) is 0 Å². The van der Waals surface area contributed by atoms with E-state index in [-0.39, 0.29) is 12.6 Å². The molecule has 100 valence electrons. The molecule has 1 amide bonds. The van der Waals surface area contributed by atoms with Gasteiger partial charge in [0.15, 0.2) is 17.3 Å². The summed E-state index contributed by atoms with van der Waals surface area (Å²) in [5.41, 5.74) is 3.18. The van der Waals surface area contributed by atoms with Gasteiger partial charge < -0.3 is 10.2 Å². The first-order chi connectivity index (χ1) is 9.19. The van der Waals surface area contributed by atoms with Gasteiger partial charge in [0.1, 0.15) is 6.61 Å². The summed E-state index contributed by atoms with van der Waals surface area (Å²) in [7, 11) is 1.78. The summed E-state index contributed by atoms with van der Waals surface area (Å²) >= 11 is 0. The number of cyclic esters (lactones) is 1. The van der Waals surface area contributed by atoms with Crippen LogP contribution in [-0.4, -0.2) is 43.9 Å². The minimum Gasteiger partial charge on any atom is -0.448 e. The molecular formula is C10H13N7O2. The van der Waals surface area contributed by atoms with Gasteiger partial charge >= 0.3 is 6.09 Å². The molecule has 2 aromatic rings. The highest BCUT2D eigenvalue weighted by Crippen LogP contribution is 2.19. The number of anilines is 1. The fourth-order valence-corrected chi connectivity index (χ4v) is 1.99. The molecule has 2 aromatic heterocycles. The van der Waals surface area contributed by atoms with Crippen molar-refractivity contribution >= 4 is 22.9 Å². The number of nitrogens with one attached hydrogen (secondary N) is 1. The molecule has 0 radical (unpaired) electrons. The lowest BCUT2D eigenvalue weighted by molar-refractivity contribution is 0.156. The Kier molecular flexibility index (Phi) is 2.67. The SMILES string of the molecule is Cn1ncc2c(NN)nc(CN3CCOC3=O)nc21. The molecule has 0 saturated carbocycles. The summed E-state index contributed by atoms with van der Waals surface area (Å²) in [6.45, 7) is 1.22. The predicted molar refractivity (Wildman–Crippen MR) is 65.9 cm³/mol. The molecule has 3 N–H and O–H groups in total. The maximum absolute atomic E-state index is 11.4. The van der Waals surface area contributed by atoms with Gasteiger partial charge in [-0.2, -0.15) is 5.10 Å². The van der Waals surface area contributed by atoms with Crippen molar-refractivity contribution in [2.24, 2.45) is 12.9 Å². The summed E-state index contributed by atoms with van der Waals surface area (Å²) in [6.07, 6.45) is 1.29. The summed E-state index contributed by atoms with van der Waals surface area (Å²) in [4.78, 5) is 21.6. The van der Waals surface area contributed by atoms with Gasteiger partial charge in [0.05, 0.1) is 24.7 Å². The van der Waals surface area contributed by atoms with Crippen LogP contribution in [-0.2, 0) is 18.3 Å². The maximum atomic E-state index is 11.4. The first-order valence-corrected chi connectivity index (χ1v) is 5.76. The van der Waals surface area contributed by atoms with E-state index in [1.54, 1.807) is 17.9 Å². The molecule has 0 atom stereocenters. The molecule has 9 heteroatoms. The molecule has 3 rings (SSSR count). The van der Waals surface area contributed by atoms with Crippen LogP contribution in [0.1, 0.15) is 5.82 Å². The number of nitrogen functional groups attached to an aromatic ring is 1. The molecule has 1 aliphatic rings. The van der Waals surface area contributed by atoms with Gasteiger partial charge in [-0.1, -0.05) is 0 Å². The number of nitrogens with zero attached hydrogens (tertiary/aromatic N) is 5. The molecule has 19 heavy (non-hydrogen) atoms. The molecule has 9 nitrogen and oxygen atoms in total. The Bertz CT molecular complexity index is 638. The number of rotatable bonds is 3. The van der Waals surface area contributed by atoms with Crippen LogP contribution in [0.25, 0.3) is 11.0 Å². The molecule has 0 aliphatic carbocycles. The number of nitrogens with two attached hydrogens (primary N) is 1. The van der Waals surface area contributed by atoms with Gasteiger partial charge in [0, 0.05) is 7.05 Å². The van der Waals surface area contributed by atoms with Crippen molar-refractivity contribution in [3.05, 3.63) is 12.0 Å². The van der Waals surface area contributed by atoms with E-state index in [0.717, 1.165) is 5.39 Å². The molecule has 1 saturated heterocycles. The number of aryl methyl sites for hydroxylation is 1. The zero-order valence-corrected chi connectivity index (χ0v) is 10.3. The monoisotopic (exact) mass is 263 g/mol. The van der Waals surface area contributed by atoms with E-state index in [2.05, 4.69) is 20.5 Å². The Morgan fingerprint density at radius 3 is 3.05 bits per heavy atom. The van der Waals surface area contributed by atoms with Crippen LogP contribution in [0.4, 0.5) is 10.6 Å². The summed E-state index contributed by atoms with van der Waals surface area (Å²) in [5.74, 6) is 6.42. The average molecular weight is 263 g/mol. The third kappa shape index (κ3) is 1.93. The van der Waals surface area contributed by atoms with E-state index < -0.39 is 0 Å². The third-order valence-corrected chi connectivity index (χ3v) is 2.95. The number of hydrogen-bond acceptors (Lipinski definition) is 7. The fraction of sp³-hybridized carbons (Fsp3) is 0.400. The highest BCUT2D eigenvalue weighted by molar-refractivity contribution is 5.86. The van der Waals surface area contributed by atoms with Crippen LogP contribution in [0.3, 0.4) is 0 Å². The number of amides is 1. The molecule has 0 spiro atoms. The van der Waals surface area contributed by atoms with Crippen molar-refractivity contribution in [1.82, 2.24) is 24.6 Å².